The molecule has 102 valence electrons. The number of nitrogens with one attached hydrogen (secondary N) is 1. The number of benzene rings is 1. The third kappa shape index (κ3) is 3.12. The lowest BCUT2D eigenvalue weighted by molar-refractivity contribution is -0.151. The van der Waals surface area contributed by atoms with Crippen molar-refractivity contribution >= 4 is 5.97 Å². The number of rotatable bonds is 5. The molecule has 0 aliphatic heterocycles. The maximum absolute atomic E-state index is 11.3. The molecule has 0 spiro atoms. The van der Waals surface area contributed by atoms with Gasteiger partial charge in [-0.3, -0.25) is 4.79 Å². The summed E-state index contributed by atoms with van der Waals surface area (Å²) in [5.41, 5.74) is -0.0195. The summed E-state index contributed by atoms with van der Waals surface area (Å²) in [6.45, 7) is 7.57. The lowest BCUT2D eigenvalue weighted by Gasteiger charge is -2.39. The van der Waals surface area contributed by atoms with Crippen molar-refractivity contribution in [3.8, 4) is 6.07 Å². The van der Waals surface area contributed by atoms with Crippen molar-refractivity contribution < 1.29 is 9.90 Å². The van der Waals surface area contributed by atoms with E-state index in [1.54, 1.807) is 19.9 Å². The van der Waals surface area contributed by atoms with E-state index in [0.717, 1.165) is 5.56 Å². The van der Waals surface area contributed by atoms with Gasteiger partial charge in [0.2, 0.25) is 0 Å². The molecule has 0 saturated heterocycles. The Morgan fingerprint density at radius 1 is 1.32 bits per heavy atom. The van der Waals surface area contributed by atoms with Crippen LogP contribution in [0, 0.1) is 16.7 Å². The second-order valence-electron chi connectivity index (χ2n) is 5.68. The van der Waals surface area contributed by atoms with Crippen molar-refractivity contribution in [2.24, 2.45) is 5.41 Å². The van der Waals surface area contributed by atoms with Gasteiger partial charge < -0.3 is 10.4 Å². The zero-order valence-corrected chi connectivity index (χ0v) is 11.8. The van der Waals surface area contributed by atoms with Crippen LogP contribution in [0.3, 0.4) is 0 Å². The molecule has 0 heterocycles. The Morgan fingerprint density at radius 3 is 2.42 bits per heavy atom. The van der Waals surface area contributed by atoms with Gasteiger partial charge in [-0.05, 0) is 39.3 Å². The van der Waals surface area contributed by atoms with E-state index in [-0.39, 0.29) is 0 Å². The Kier molecular flexibility index (Phi) is 4.33. The zero-order chi connectivity index (χ0) is 14.7. The lowest BCUT2D eigenvalue weighted by Crippen LogP contribution is -2.54. The first kappa shape index (κ1) is 15.2. The molecule has 1 aromatic rings. The van der Waals surface area contributed by atoms with Crippen LogP contribution in [-0.2, 0) is 11.3 Å². The molecule has 4 nitrogen and oxygen atoms in total. The molecule has 0 saturated carbocycles. The second-order valence-corrected chi connectivity index (χ2v) is 5.68. The van der Waals surface area contributed by atoms with E-state index in [1.807, 2.05) is 32.0 Å². The van der Waals surface area contributed by atoms with Crippen LogP contribution in [0.5, 0.6) is 0 Å². The Balaban J connectivity index is 2.87. The van der Waals surface area contributed by atoms with E-state index in [1.165, 1.54) is 0 Å². The highest BCUT2D eigenvalue weighted by atomic mass is 16.4. The molecule has 0 aliphatic carbocycles. The fraction of sp³-hybridized carbons (Fsp3) is 0.467. The highest BCUT2D eigenvalue weighted by Gasteiger charge is 2.43. The molecule has 19 heavy (non-hydrogen) atoms. The minimum atomic E-state index is -0.908. The molecule has 4 heteroatoms. The highest BCUT2D eigenvalue weighted by Crippen LogP contribution is 2.31. The number of hydrogen-bond donors (Lipinski definition) is 2. The molecular weight excluding hydrogens is 240 g/mol. The fourth-order valence-corrected chi connectivity index (χ4v) is 1.59. The van der Waals surface area contributed by atoms with Crippen molar-refractivity contribution in [1.82, 2.24) is 5.32 Å². The van der Waals surface area contributed by atoms with Crippen LogP contribution < -0.4 is 5.32 Å². The molecule has 0 bridgehead atoms. The molecule has 0 unspecified atom stereocenters. The van der Waals surface area contributed by atoms with E-state index < -0.39 is 16.9 Å². The average Bonchev–Trinajstić information content (AvgIpc) is 2.36. The number of aliphatic carboxylic acids is 1. The van der Waals surface area contributed by atoms with Gasteiger partial charge in [-0.2, -0.15) is 5.26 Å². The van der Waals surface area contributed by atoms with Crippen LogP contribution in [0.25, 0.3) is 0 Å². The largest absolute Gasteiger partial charge is 0.481 e. The molecule has 0 amide bonds. The maximum atomic E-state index is 11.3. The fourth-order valence-electron chi connectivity index (χ4n) is 1.59. The molecule has 0 radical (unpaired) electrons. The standard InChI is InChI=1S/C15H20N2O2/c1-14(2,13(18)19)15(3,4)17-10-12-8-6-5-7-11(12)9-16/h5-8,17H,10H2,1-4H3,(H,18,19). The maximum Gasteiger partial charge on any atom is 0.310 e. The third-order valence-corrected chi connectivity index (χ3v) is 3.96. The molecule has 2 N–H and O–H groups in total. The first-order valence-corrected chi connectivity index (χ1v) is 6.19. The van der Waals surface area contributed by atoms with Crippen molar-refractivity contribution in [2.45, 2.75) is 39.8 Å². The minimum absolute atomic E-state index is 0.466. The van der Waals surface area contributed by atoms with Crippen molar-refractivity contribution in [3.05, 3.63) is 35.4 Å². The summed E-state index contributed by atoms with van der Waals surface area (Å²) in [5.74, 6) is -0.849. The number of carboxylic acid groups (broad SMARTS) is 1. The Labute approximate surface area is 114 Å². The van der Waals surface area contributed by atoms with Crippen LogP contribution in [0.15, 0.2) is 24.3 Å². The molecular formula is C15H20N2O2. The Bertz CT molecular complexity index is 513. The molecule has 0 atom stereocenters. The van der Waals surface area contributed by atoms with Gasteiger partial charge in [0.15, 0.2) is 0 Å². The first-order valence-electron chi connectivity index (χ1n) is 6.19. The SMILES string of the molecule is CC(C)(NCc1ccccc1C#N)C(C)(C)C(=O)O. The van der Waals surface area contributed by atoms with Crippen LogP contribution in [0.1, 0.15) is 38.8 Å². The summed E-state index contributed by atoms with van der Waals surface area (Å²) in [5, 5.41) is 21.5. The second kappa shape index (κ2) is 5.41. The smallest absolute Gasteiger partial charge is 0.310 e. The molecule has 1 rings (SSSR count). The van der Waals surface area contributed by atoms with Gasteiger partial charge in [0.25, 0.3) is 0 Å². The number of hydrogen-bond acceptors (Lipinski definition) is 3. The molecule has 0 aliphatic rings. The molecule has 1 aromatic carbocycles. The highest BCUT2D eigenvalue weighted by molar-refractivity contribution is 5.75. The van der Waals surface area contributed by atoms with Crippen molar-refractivity contribution in [2.75, 3.05) is 0 Å². The van der Waals surface area contributed by atoms with Gasteiger partial charge in [0.1, 0.15) is 0 Å². The van der Waals surface area contributed by atoms with Crippen molar-refractivity contribution in [1.29, 1.82) is 5.26 Å². The Hall–Kier alpha value is -1.86. The lowest BCUT2D eigenvalue weighted by atomic mass is 9.74. The summed E-state index contributed by atoms with van der Waals surface area (Å²) >= 11 is 0. The number of carbonyl (C=O) groups is 1. The van der Waals surface area contributed by atoms with Gasteiger partial charge in [0.05, 0.1) is 17.0 Å². The predicted octanol–water partition coefficient (Wildman–Crippen LogP) is 2.54. The first-order chi connectivity index (χ1) is 8.72. The Morgan fingerprint density at radius 2 is 1.89 bits per heavy atom. The summed E-state index contributed by atoms with van der Waals surface area (Å²) < 4.78 is 0. The quantitative estimate of drug-likeness (QED) is 0.853. The summed E-state index contributed by atoms with van der Waals surface area (Å²) in [7, 11) is 0. The van der Waals surface area contributed by atoms with E-state index in [4.69, 9.17) is 5.26 Å². The summed E-state index contributed by atoms with van der Waals surface area (Å²) in [6, 6.07) is 9.45. The van der Waals surface area contributed by atoms with E-state index in [2.05, 4.69) is 11.4 Å². The number of nitrogens with zero attached hydrogens (tertiary/aromatic N) is 1. The summed E-state index contributed by atoms with van der Waals surface area (Å²) in [6.07, 6.45) is 0. The van der Waals surface area contributed by atoms with Crippen LogP contribution in [0.2, 0.25) is 0 Å². The summed E-state index contributed by atoms with van der Waals surface area (Å²) in [4.78, 5) is 11.3. The van der Waals surface area contributed by atoms with E-state index in [0.29, 0.717) is 12.1 Å². The van der Waals surface area contributed by atoms with Crippen LogP contribution >= 0.6 is 0 Å². The molecule has 0 fully saturated rings. The van der Waals surface area contributed by atoms with Crippen LogP contribution in [0.4, 0.5) is 0 Å². The van der Waals surface area contributed by atoms with E-state index in [9.17, 15) is 9.90 Å². The van der Waals surface area contributed by atoms with Gasteiger partial charge in [-0.25, -0.2) is 0 Å². The van der Waals surface area contributed by atoms with Gasteiger partial charge in [0, 0.05) is 12.1 Å². The predicted molar refractivity (Wildman–Crippen MR) is 73.5 cm³/mol. The molecule has 0 aromatic heterocycles. The van der Waals surface area contributed by atoms with Crippen LogP contribution in [-0.4, -0.2) is 16.6 Å². The van der Waals surface area contributed by atoms with Crippen molar-refractivity contribution in [3.63, 3.8) is 0 Å². The van der Waals surface area contributed by atoms with Gasteiger partial charge >= 0.3 is 5.97 Å². The third-order valence-electron chi connectivity index (χ3n) is 3.96. The normalized spacial score (nSPS) is 11.9. The van der Waals surface area contributed by atoms with E-state index >= 15 is 0 Å². The number of carboxylic acids is 1. The average molecular weight is 260 g/mol. The topological polar surface area (TPSA) is 73.1 Å². The monoisotopic (exact) mass is 260 g/mol. The van der Waals surface area contributed by atoms with Gasteiger partial charge in [-0.1, -0.05) is 18.2 Å². The van der Waals surface area contributed by atoms with Gasteiger partial charge in [-0.15, -0.1) is 0 Å². The zero-order valence-electron chi connectivity index (χ0n) is 11.8. The minimum Gasteiger partial charge on any atom is -0.481 e. The number of nitriles is 1.